The molecule has 3 nitrogen and oxygen atoms in total. The first-order valence-corrected chi connectivity index (χ1v) is 6.95. The minimum atomic E-state index is -0.999. The zero-order valence-corrected chi connectivity index (χ0v) is 11.4. The standard InChI is InChI=1S/C16H15F2NO2/c17-13-8-10(9-14(18)15(13)20)12-6-3-7-19-16(12)21-11-4-1-2-5-11/h3,6-9,11,20H,1-2,4-5H2. The highest BCUT2D eigenvalue weighted by Gasteiger charge is 2.20. The second-order valence-electron chi connectivity index (χ2n) is 5.17. The topological polar surface area (TPSA) is 42.4 Å². The summed E-state index contributed by atoms with van der Waals surface area (Å²) in [5.41, 5.74) is 0.811. The van der Waals surface area contributed by atoms with Crippen LogP contribution in [0.1, 0.15) is 25.7 Å². The van der Waals surface area contributed by atoms with Gasteiger partial charge in [0.05, 0.1) is 0 Å². The summed E-state index contributed by atoms with van der Waals surface area (Å²) in [6.45, 7) is 0. The highest BCUT2D eigenvalue weighted by atomic mass is 19.1. The van der Waals surface area contributed by atoms with E-state index in [0.717, 1.165) is 37.8 Å². The van der Waals surface area contributed by atoms with Crippen LogP contribution < -0.4 is 4.74 Å². The number of hydrogen-bond donors (Lipinski definition) is 1. The maximum absolute atomic E-state index is 13.5. The number of phenols is 1. The van der Waals surface area contributed by atoms with Gasteiger partial charge in [0.25, 0.3) is 0 Å². The van der Waals surface area contributed by atoms with Gasteiger partial charge in [0.15, 0.2) is 17.4 Å². The Morgan fingerprint density at radius 3 is 2.48 bits per heavy atom. The Morgan fingerprint density at radius 1 is 1.14 bits per heavy atom. The number of aromatic nitrogens is 1. The van der Waals surface area contributed by atoms with Crippen molar-refractivity contribution in [1.82, 2.24) is 4.98 Å². The Morgan fingerprint density at radius 2 is 1.81 bits per heavy atom. The van der Waals surface area contributed by atoms with Crippen molar-refractivity contribution in [2.75, 3.05) is 0 Å². The fourth-order valence-corrected chi connectivity index (χ4v) is 2.59. The molecular formula is C16H15F2NO2. The Kier molecular flexibility index (Phi) is 3.73. The van der Waals surface area contributed by atoms with Crippen LogP contribution in [-0.2, 0) is 0 Å². The second kappa shape index (κ2) is 5.68. The molecule has 0 saturated heterocycles. The number of aromatic hydroxyl groups is 1. The zero-order valence-electron chi connectivity index (χ0n) is 11.4. The number of pyridine rings is 1. The van der Waals surface area contributed by atoms with E-state index in [9.17, 15) is 13.9 Å². The number of phenolic OH excluding ortho intramolecular Hbond substituents is 1. The molecule has 0 atom stereocenters. The molecule has 0 radical (unpaired) electrons. The van der Waals surface area contributed by atoms with E-state index in [1.807, 2.05) is 0 Å². The van der Waals surface area contributed by atoms with Crippen LogP contribution in [-0.4, -0.2) is 16.2 Å². The molecule has 2 aromatic rings. The third kappa shape index (κ3) is 2.82. The molecule has 1 fully saturated rings. The summed E-state index contributed by atoms with van der Waals surface area (Å²) in [7, 11) is 0. The van der Waals surface area contributed by atoms with Crippen molar-refractivity contribution in [3.63, 3.8) is 0 Å². The lowest BCUT2D eigenvalue weighted by atomic mass is 10.1. The third-order valence-corrected chi connectivity index (χ3v) is 3.68. The van der Waals surface area contributed by atoms with Gasteiger partial charge in [-0.3, -0.25) is 0 Å². The highest BCUT2D eigenvalue weighted by molar-refractivity contribution is 5.69. The second-order valence-corrected chi connectivity index (χ2v) is 5.17. The molecule has 1 aliphatic carbocycles. The molecule has 1 N–H and O–H groups in total. The van der Waals surface area contributed by atoms with Crippen molar-refractivity contribution in [3.05, 3.63) is 42.1 Å². The van der Waals surface area contributed by atoms with E-state index >= 15 is 0 Å². The fourth-order valence-electron chi connectivity index (χ4n) is 2.59. The lowest BCUT2D eigenvalue weighted by molar-refractivity contribution is 0.202. The quantitative estimate of drug-likeness (QED) is 0.927. The van der Waals surface area contributed by atoms with E-state index < -0.39 is 17.4 Å². The first-order valence-electron chi connectivity index (χ1n) is 6.95. The molecule has 1 aliphatic rings. The van der Waals surface area contributed by atoms with Crippen LogP contribution in [0.5, 0.6) is 11.6 Å². The molecular weight excluding hydrogens is 276 g/mol. The normalized spacial score (nSPS) is 15.3. The van der Waals surface area contributed by atoms with Crippen LogP contribution >= 0.6 is 0 Å². The smallest absolute Gasteiger partial charge is 0.221 e. The van der Waals surface area contributed by atoms with Crippen LogP contribution in [0, 0.1) is 11.6 Å². The maximum atomic E-state index is 13.5. The molecule has 1 heterocycles. The zero-order chi connectivity index (χ0) is 14.8. The van der Waals surface area contributed by atoms with Gasteiger partial charge in [-0.2, -0.15) is 0 Å². The highest BCUT2D eigenvalue weighted by Crippen LogP contribution is 2.34. The fraction of sp³-hybridized carbons (Fsp3) is 0.312. The number of benzene rings is 1. The number of halogens is 2. The predicted octanol–water partition coefficient (Wildman–Crippen LogP) is 4.05. The molecule has 0 aliphatic heterocycles. The van der Waals surface area contributed by atoms with Crippen molar-refractivity contribution >= 4 is 0 Å². The molecule has 1 aromatic heterocycles. The molecule has 1 aromatic carbocycles. The van der Waals surface area contributed by atoms with Crippen LogP contribution in [0.25, 0.3) is 11.1 Å². The summed E-state index contributed by atoms with van der Waals surface area (Å²) in [4.78, 5) is 4.17. The number of rotatable bonds is 3. The van der Waals surface area contributed by atoms with E-state index in [0.29, 0.717) is 17.0 Å². The number of ether oxygens (including phenoxy) is 1. The molecule has 110 valence electrons. The van der Waals surface area contributed by atoms with Crippen LogP contribution in [0.2, 0.25) is 0 Å². The Balaban J connectivity index is 1.98. The summed E-state index contributed by atoms with van der Waals surface area (Å²) in [5, 5.41) is 9.18. The average molecular weight is 291 g/mol. The van der Waals surface area contributed by atoms with Gasteiger partial charge in [0.2, 0.25) is 5.88 Å². The first-order chi connectivity index (χ1) is 10.1. The molecule has 0 spiro atoms. The van der Waals surface area contributed by atoms with Crippen molar-refractivity contribution in [2.45, 2.75) is 31.8 Å². The van der Waals surface area contributed by atoms with E-state index in [2.05, 4.69) is 4.98 Å². The summed E-state index contributed by atoms with van der Waals surface area (Å²) in [6.07, 6.45) is 5.86. The van der Waals surface area contributed by atoms with Gasteiger partial charge in [-0.15, -0.1) is 0 Å². The maximum Gasteiger partial charge on any atom is 0.221 e. The summed E-state index contributed by atoms with van der Waals surface area (Å²) >= 11 is 0. The SMILES string of the molecule is Oc1c(F)cc(-c2cccnc2OC2CCCC2)cc1F. The van der Waals surface area contributed by atoms with E-state index in [1.165, 1.54) is 0 Å². The van der Waals surface area contributed by atoms with E-state index in [1.54, 1.807) is 18.3 Å². The molecule has 0 bridgehead atoms. The van der Waals surface area contributed by atoms with Gasteiger partial charge in [-0.1, -0.05) is 0 Å². The summed E-state index contributed by atoms with van der Waals surface area (Å²) < 4.78 is 32.9. The molecule has 5 heteroatoms. The monoisotopic (exact) mass is 291 g/mol. The van der Waals surface area contributed by atoms with Crippen molar-refractivity contribution in [3.8, 4) is 22.8 Å². The molecule has 1 saturated carbocycles. The van der Waals surface area contributed by atoms with Gasteiger partial charge in [0.1, 0.15) is 6.10 Å². The summed E-state index contributed by atoms with van der Waals surface area (Å²) in [6, 6.07) is 5.54. The largest absolute Gasteiger partial charge is 0.503 e. The minimum absolute atomic E-state index is 0.102. The van der Waals surface area contributed by atoms with Crippen LogP contribution in [0.3, 0.4) is 0 Å². The van der Waals surface area contributed by atoms with Crippen molar-refractivity contribution in [1.29, 1.82) is 0 Å². The van der Waals surface area contributed by atoms with Crippen LogP contribution in [0.15, 0.2) is 30.5 Å². The van der Waals surface area contributed by atoms with Gasteiger partial charge in [-0.05, 0) is 55.5 Å². The van der Waals surface area contributed by atoms with E-state index in [4.69, 9.17) is 4.74 Å². The number of hydrogen-bond acceptors (Lipinski definition) is 3. The van der Waals surface area contributed by atoms with E-state index in [-0.39, 0.29) is 6.10 Å². The molecule has 0 amide bonds. The molecule has 3 rings (SSSR count). The average Bonchev–Trinajstić information content (AvgIpc) is 2.98. The molecule has 21 heavy (non-hydrogen) atoms. The van der Waals surface area contributed by atoms with Gasteiger partial charge < -0.3 is 9.84 Å². The van der Waals surface area contributed by atoms with Crippen molar-refractivity contribution < 1.29 is 18.6 Å². The number of nitrogens with zero attached hydrogens (tertiary/aromatic N) is 1. The third-order valence-electron chi connectivity index (χ3n) is 3.68. The predicted molar refractivity (Wildman–Crippen MR) is 74.1 cm³/mol. The molecule has 0 unspecified atom stereocenters. The Hall–Kier alpha value is -2.17. The van der Waals surface area contributed by atoms with Crippen molar-refractivity contribution in [2.24, 2.45) is 0 Å². The summed E-state index contributed by atoms with van der Waals surface area (Å²) in [5.74, 6) is -2.60. The van der Waals surface area contributed by atoms with Gasteiger partial charge in [0, 0.05) is 11.8 Å². The lowest BCUT2D eigenvalue weighted by Crippen LogP contribution is -2.12. The Labute approximate surface area is 121 Å². The van der Waals surface area contributed by atoms with Gasteiger partial charge >= 0.3 is 0 Å². The minimum Gasteiger partial charge on any atom is -0.503 e. The Bertz CT molecular complexity index is 631. The first kappa shape index (κ1) is 13.8. The van der Waals surface area contributed by atoms with Crippen LogP contribution in [0.4, 0.5) is 8.78 Å². The lowest BCUT2D eigenvalue weighted by Gasteiger charge is -2.15. The van der Waals surface area contributed by atoms with Gasteiger partial charge in [-0.25, -0.2) is 13.8 Å².